The fourth-order valence-corrected chi connectivity index (χ4v) is 3.98. The number of hydrogen-bond donors (Lipinski definition) is 1. The van der Waals surface area contributed by atoms with Crippen LogP contribution in [0.5, 0.6) is 11.8 Å². The number of aromatic nitrogens is 5. The standard InChI is InChI=1S/C20H16F3N7O3/c1-28-16(8-15(27-28)20(21,22)23)33-19-17(30(31)32)18(24-10-25-19)29-7-6-12-11-4-2-3-5-13(11)26-14(12)9-29/h2-5,8,10,26H,6-7,9H2,1H3. The molecule has 0 aliphatic carbocycles. The van der Waals surface area contributed by atoms with Gasteiger partial charge in [-0.2, -0.15) is 23.3 Å². The van der Waals surface area contributed by atoms with Gasteiger partial charge in [0.1, 0.15) is 6.33 Å². The Morgan fingerprint density at radius 1 is 1.24 bits per heavy atom. The molecule has 4 heterocycles. The first-order valence-corrected chi connectivity index (χ1v) is 9.84. The Morgan fingerprint density at radius 3 is 2.76 bits per heavy atom. The molecule has 1 aliphatic rings. The number of halogens is 3. The van der Waals surface area contributed by atoms with E-state index in [9.17, 15) is 23.3 Å². The largest absolute Gasteiger partial charge is 0.435 e. The molecular formula is C20H16F3N7O3. The van der Waals surface area contributed by atoms with Crippen molar-refractivity contribution in [2.24, 2.45) is 7.05 Å². The third-order valence-electron chi connectivity index (χ3n) is 5.46. The number of aromatic amines is 1. The van der Waals surface area contributed by atoms with Crippen LogP contribution in [-0.2, 0) is 26.2 Å². The maximum Gasteiger partial charge on any atom is 0.435 e. The van der Waals surface area contributed by atoms with Gasteiger partial charge < -0.3 is 14.6 Å². The molecule has 0 unspecified atom stereocenters. The van der Waals surface area contributed by atoms with E-state index in [1.165, 1.54) is 7.05 Å². The van der Waals surface area contributed by atoms with Crippen LogP contribution in [0.3, 0.4) is 0 Å². The predicted octanol–water partition coefficient (Wildman–Crippen LogP) is 3.97. The lowest BCUT2D eigenvalue weighted by molar-refractivity contribution is -0.385. The predicted molar refractivity (Wildman–Crippen MR) is 110 cm³/mol. The molecule has 1 aromatic carbocycles. The lowest BCUT2D eigenvalue weighted by atomic mass is 10.0. The summed E-state index contributed by atoms with van der Waals surface area (Å²) in [4.78, 5) is 24.2. The van der Waals surface area contributed by atoms with E-state index in [0.29, 0.717) is 25.6 Å². The van der Waals surface area contributed by atoms with E-state index in [4.69, 9.17) is 4.74 Å². The van der Waals surface area contributed by atoms with Crippen LogP contribution in [0.2, 0.25) is 0 Å². The fraction of sp³-hybridized carbons (Fsp3) is 0.250. The highest BCUT2D eigenvalue weighted by molar-refractivity contribution is 5.85. The minimum atomic E-state index is -4.69. The molecule has 0 bridgehead atoms. The number of nitro groups is 1. The third-order valence-corrected chi connectivity index (χ3v) is 5.46. The van der Waals surface area contributed by atoms with Crippen LogP contribution >= 0.6 is 0 Å². The molecular weight excluding hydrogens is 443 g/mol. The second-order valence-electron chi connectivity index (χ2n) is 7.50. The first-order chi connectivity index (χ1) is 15.7. The number of alkyl halides is 3. The van der Waals surface area contributed by atoms with Crippen molar-refractivity contribution in [3.05, 3.63) is 63.7 Å². The van der Waals surface area contributed by atoms with Crippen molar-refractivity contribution in [3.8, 4) is 11.8 Å². The summed E-state index contributed by atoms with van der Waals surface area (Å²) in [7, 11) is 1.24. The lowest BCUT2D eigenvalue weighted by Gasteiger charge is -2.27. The summed E-state index contributed by atoms with van der Waals surface area (Å²) >= 11 is 0. The summed E-state index contributed by atoms with van der Waals surface area (Å²) in [5.41, 5.74) is 1.32. The molecule has 0 radical (unpaired) electrons. The molecule has 1 N–H and O–H groups in total. The number of anilines is 1. The Morgan fingerprint density at radius 2 is 2.03 bits per heavy atom. The van der Waals surface area contributed by atoms with Crippen molar-refractivity contribution in [2.45, 2.75) is 19.1 Å². The van der Waals surface area contributed by atoms with E-state index in [0.717, 1.165) is 33.2 Å². The zero-order valence-corrected chi connectivity index (χ0v) is 17.1. The highest BCUT2D eigenvalue weighted by Crippen LogP contribution is 2.39. The maximum absolute atomic E-state index is 13.0. The van der Waals surface area contributed by atoms with Gasteiger partial charge in [-0.25, -0.2) is 9.67 Å². The van der Waals surface area contributed by atoms with E-state index < -0.39 is 28.4 Å². The van der Waals surface area contributed by atoms with Crippen LogP contribution in [0.1, 0.15) is 17.0 Å². The van der Waals surface area contributed by atoms with Crippen LogP contribution in [-0.4, -0.2) is 36.2 Å². The van der Waals surface area contributed by atoms with Crippen molar-refractivity contribution in [1.82, 2.24) is 24.7 Å². The fourth-order valence-electron chi connectivity index (χ4n) is 3.98. The topological polar surface area (TPSA) is 115 Å². The number of H-pyrrole nitrogens is 1. The first-order valence-electron chi connectivity index (χ1n) is 9.84. The first kappa shape index (κ1) is 20.7. The van der Waals surface area contributed by atoms with Crippen molar-refractivity contribution in [1.29, 1.82) is 0 Å². The second kappa shape index (κ2) is 7.46. The van der Waals surface area contributed by atoms with Crippen LogP contribution < -0.4 is 9.64 Å². The molecule has 33 heavy (non-hydrogen) atoms. The summed E-state index contributed by atoms with van der Waals surface area (Å²) in [5, 5.41) is 16.4. The molecule has 1 aliphatic heterocycles. The van der Waals surface area contributed by atoms with E-state index in [-0.39, 0.29) is 11.7 Å². The zero-order chi connectivity index (χ0) is 23.3. The Bertz CT molecular complexity index is 1380. The minimum absolute atomic E-state index is 0.0209. The molecule has 0 fully saturated rings. The van der Waals surface area contributed by atoms with Gasteiger partial charge in [-0.05, 0) is 18.1 Å². The summed E-state index contributed by atoms with van der Waals surface area (Å²) < 4.78 is 45.1. The van der Waals surface area contributed by atoms with Crippen molar-refractivity contribution < 1.29 is 22.8 Å². The molecule has 3 aromatic heterocycles. The molecule has 0 saturated carbocycles. The Labute approximate surface area is 183 Å². The highest BCUT2D eigenvalue weighted by atomic mass is 19.4. The van der Waals surface area contributed by atoms with Crippen molar-refractivity contribution in [3.63, 3.8) is 0 Å². The molecule has 13 heteroatoms. The quantitative estimate of drug-likeness (QED) is 0.363. The Kier molecular flexibility index (Phi) is 4.69. The van der Waals surface area contributed by atoms with Gasteiger partial charge >= 0.3 is 17.7 Å². The average molecular weight is 459 g/mol. The number of ether oxygens (including phenoxy) is 1. The summed E-state index contributed by atoms with van der Waals surface area (Å²) in [6.07, 6.45) is -2.97. The van der Waals surface area contributed by atoms with E-state index >= 15 is 0 Å². The summed E-state index contributed by atoms with van der Waals surface area (Å²) in [5.74, 6) is -0.789. The Hall–Kier alpha value is -4.16. The smallest absolute Gasteiger partial charge is 0.415 e. The van der Waals surface area contributed by atoms with Crippen LogP contribution in [0.25, 0.3) is 10.9 Å². The average Bonchev–Trinajstić information content (AvgIpc) is 3.33. The van der Waals surface area contributed by atoms with Gasteiger partial charge in [0.2, 0.25) is 11.7 Å². The zero-order valence-electron chi connectivity index (χ0n) is 17.1. The number of fused-ring (bicyclic) bond motifs is 3. The number of nitrogens with one attached hydrogen (secondary N) is 1. The molecule has 170 valence electrons. The van der Waals surface area contributed by atoms with Crippen LogP contribution in [0.4, 0.5) is 24.7 Å². The van der Waals surface area contributed by atoms with Gasteiger partial charge in [-0.3, -0.25) is 10.1 Å². The molecule has 10 nitrogen and oxygen atoms in total. The molecule has 0 saturated heterocycles. The number of nitrogens with zero attached hydrogens (tertiary/aromatic N) is 6. The SMILES string of the molecule is Cn1nc(C(F)(F)F)cc1Oc1ncnc(N2CCc3c([nH]c4ccccc34)C2)c1[N+](=O)[O-]. The summed E-state index contributed by atoms with van der Waals surface area (Å²) in [6, 6.07) is 8.50. The van der Waals surface area contributed by atoms with Gasteiger partial charge in [-0.1, -0.05) is 18.2 Å². The van der Waals surface area contributed by atoms with E-state index in [1.807, 2.05) is 24.3 Å². The second-order valence-corrected chi connectivity index (χ2v) is 7.50. The molecule has 0 spiro atoms. The molecule has 5 rings (SSSR count). The van der Waals surface area contributed by atoms with Crippen LogP contribution in [0.15, 0.2) is 36.7 Å². The van der Waals surface area contributed by atoms with E-state index in [1.54, 1.807) is 4.90 Å². The molecule has 4 aromatic rings. The number of para-hydroxylation sites is 1. The van der Waals surface area contributed by atoms with E-state index in [2.05, 4.69) is 20.1 Å². The minimum Gasteiger partial charge on any atom is -0.415 e. The normalized spacial score (nSPS) is 13.9. The van der Waals surface area contributed by atoms with Gasteiger partial charge in [0.25, 0.3) is 0 Å². The number of hydrogen-bond acceptors (Lipinski definition) is 7. The number of benzene rings is 1. The maximum atomic E-state index is 13.0. The number of rotatable bonds is 4. The monoisotopic (exact) mass is 459 g/mol. The van der Waals surface area contributed by atoms with Gasteiger partial charge in [0, 0.05) is 36.3 Å². The van der Waals surface area contributed by atoms with Crippen molar-refractivity contribution >= 4 is 22.4 Å². The Balaban J connectivity index is 1.50. The summed E-state index contributed by atoms with van der Waals surface area (Å²) in [6.45, 7) is 0.793. The number of aryl methyl sites for hydroxylation is 1. The lowest BCUT2D eigenvalue weighted by Crippen LogP contribution is -2.31. The van der Waals surface area contributed by atoms with Gasteiger partial charge in [-0.15, -0.1) is 0 Å². The third kappa shape index (κ3) is 3.60. The van der Waals surface area contributed by atoms with Crippen molar-refractivity contribution in [2.75, 3.05) is 11.4 Å². The molecule has 0 atom stereocenters. The van der Waals surface area contributed by atoms with Crippen LogP contribution in [0, 0.1) is 10.1 Å². The highest BCUT2D eigenvalue weighted by Gasteiger charge is 2.36. The van der Waals surface area contributed by atoms with Gasteiger partial charge in [0.05, 0.1) is 11.5 Å². The van der Waals surface area contributed by atoms with Gasteiger partial charge in [0.15, 0.2) is 5.69 Å². The molecule has 0 amide bonds.